The Morgan fingerprint density at radius 1 is 0.982 bits per heavy atom. The van der Waals surface area contributed by atoms with Crippen LogP contribution < -0.4 is 38.2 Å². The second kappa shape index (κ2) is 18.4. The average Bonchev–Trinajstić information content (AvgIpc) is 3.77. The maximum absolute atomic E-state index is 14.1. The van der Waals surface area contributed by atoms with Gasteiger partial charge in [-0.2, -0.15) is 0 Å². The van der Waals surface area contributed by atoms with Gasteiger partial charge < -0.3 is 56.9 Å². The van der Waals surface area contributed by atoms with Crippen LogP contribution in [0.3, 0.4) is 0 Å². The Labute approximate surface area is 324 Å². The molecule has 11 N–H and O–H groups in total. The molecule has 304 valence electrons. The fourth-order valence-corrected chi connectivity index (χ4v) is 6.47. The van der Waals surface area contributed by atoms with Crippen molar-refractivity contribution < 1.29 is 44.0 Å². The van der Waals surface area contributed by atoms with Gasteiger partial charge >= 0.3 is 17.7 Å². The number of ether oxygens (including phenoxy) is 1. The molecule has 7 atom stereocenters. The number of phenolic OH excluding ortho intramolecular Hbond substituents is 1. The molecule has 0 saturated carbocycles. The number of carboxylic acid groups (broad SMARTS) is 1. The van der Waals surface area contributed by atoms with E-state index in [1.54, 1.807) is 12.3 Å². The third-order valence-corrected chi connectivity index (χ3v) is 9.74. The number of benzene rings is 2. The first-order valence-corrected chi connectivity index (χ1v) is 18.0. The summed E-state index contributed by atoms with van der Waals surface area (Å²) >= 11 is 0. The number of nitrogens with one attached hydrogen (secondary N) is 6. The number of aliphatic hydroxyl groups is 1. The third-order valence-electron chi connectivity index (χ3n) is 9.74. The van der Waals surface area contributed by atoms with Gasteiger partial charge in [0.2, 0.25) is 17.7 Å². The van der Waals surface area contributed by atoms with Crippen LogP contribution in [0, 0.1) is 0 Å². The molecule has 1 aliphatic rings. The van der Waals surface area contributed by atoms with Crippen molar-refractivity contribution in [3.8, 4) is 5.75 Å². The van der Waals surface area contributed by atoms with Gasteiger partial charge in [0.15, 0.2) is 6.23 Å². The Balaban J connectivity index is 1.33. The summed E-state index contributed by atoms with van der Waals surface area (Å²) in [5, 5.41) is 41.4. The first kappa shape index (κ1) is 41.6. The topological polar surface area (TPSA) is 303 Å². The molecule has 57 heavy (non-hydrogen) atoms. The quantitative estimate of drug-likeness (QED) is 0.0613. The number of urea groups is 1. The summed E-state index contributed by atoms with van der Waals surface area (Å²) in [6.45, 7) is 0.878. The van der Waals surface area contributed by atoms with Gasteiger partial charge in [-0.3, -0.25) is 28.7 Å². The number of nitrogens with zero attached hydrogens (tertiary/aromatic N) is 2. The largest absolute Gasteiger partial charge is 0.508 e. The Morgan fingerprint density at radius 2 is 1.68 bits per heavy atom. The van der Waals surface area contributed by atoms with Crippen LogP contribution in [0.2, 0.25) is 0 Å². The average molecular weight is 792 g/mol. The number of amides is 5. The number of likely N-dealkylation sites (N-methyl/N-ethyl adjacent to an activating group) is 1. The first-order chi connectivity index (χ1) is 27.1. The summed E-state index contributed by atoms with van der Waals surface area (Å²) in [6, 6.07) is 7.80. The summed E-state index contributed by atoms with van der Waals surface area (Å²) in [7, 11) is 1.38. The van der Waals surface area contributed by atoms with E-state index in [2.05, 4.69) is 31.2 Å². The highest BCUT2D eigenvalue weighted by Crippen LogP contribution is 2.27. The van der Waals surface area contributed by atoms with Crippen LogP contribution in [0.25, 0.3) is 10.9 Å². The molecule has 5 rings (SSSR count). The van der Waals surface area contributed by atoms with Crippen molar-refractivity contribution in [2.75, 3.05) is 20.1 Å². The zero-order chi connectivity index (χ0) is 41.4. The molecule has 0 spiro atoms. The van der Waals surface area contributed by atoms with Crippen LogP contribution in [0.5, 0.6) is 5.75 Å². The van der Waals surface area contributed by atoms with Crippen LogP contribution in [0.1, 0.15) is 30.7 Å². The smallest absolute Gasteiger partial charge is 0.330 e. The Bertz CT molecular complexity index is 2200. The van der Waals surface area contributed by atoms with Crippen molar-refractivity contribution in [2.24, 2.45) is 5.73 Å². The molecule has 3 heterocycles. The molecule has 0 bridgehead atoms. The fraction of sp³-hybridized carbons (Fsp3) is 0.378. The normalized spacial score (nSPS) is 18.5. The van der Waals surface area contributed by atoms with Gasteiger partial charge in [0.25, 0.3) is 5.56 Å². The van der Waals surface area contributed by atoms with Gasteiger partial charge in [-0.05, 0) is 36.2 Å². The van der Waals surface area contributed by atoms with Gasteiger partial charge in [0.05, 0.1) is 18.7 Å². The van der Waals surface area contributed by atoms with E-state index in [0.29, 0.717) is 11.1 Å². The molecule has 1 fully saturated rings. The molecule has 1 saturated heterocycles. The zero-order valence-electron chi connectivity index (χ0n) is 31.0. The number of carboxylic acids is 1. The van der Waals surface area contributed by atoms with E-state index in [0.717, 1.165) is 26.4 Å². The second-order valence-corrected chi connectivity index (χ2v) is 13.6. The lowest BCUT2D eigenvalue weighted by molar-refractivity contribution is -0.139. The molecule has 2 aromatic carbocycles. The van der Waals surface area contributed by atoms with Crippen LogP contribution in [-0.2, 0) is 36.8 Å². The number of hydrogen-bond donors (Lipinski definition) is 10. The maximum Gasteiger partial charge on any atom is 0.330 e. The van der Waals surface area contributed by atoms with Crippen LogP contribution in [0.15, 0.2) is 76.6 Å². The van der Waals surface area contributed by atoms with Gasteiger partial charge in [0.1, 0.15) is 30.0 Å². The standard InChI is InChI=1S/C37H45N9O11/c1-19(45(2)30(50)16-38)31(33(52)40-18-23-15-28(48)34(57-23)46-12-11-29(49)43-37(46)56)44-32(51)26(13-20-7-9-22(47)10-8-20)41-36(55)42-27(35(53)54)14-21-17-39-25-6-4-3-5-24(21)25/h3-12,17,19,23,26-28,31,34,39,47-48H,13-16,18,38H2,1-2H3,(H,40,52)(H,44,51)(H,53,54)(H2,41,42,55)(H,43,49,56)/t19-,23+,26?,27-,28+,31-,34+/m0/s1. The number of nitrogens with two attached hydrogens (primary N) is 1. The number of aliphatic carboxylic acids is 1. The monoisotopic (exact) mass is 791 g/mol. The van der Waals surface area contributed by atoms with E-state index >= 15 is 0 Å². The predicted octanol–water partition coefficient (Wildman–Crippen LogP) is -1.62. The third kappa shape index (κ3) is 10.4. The molecule has 2 aromatic heterocycles. The number of rotatable bonds is 16. The lowest BCUT2D eigenvalue weighted by atomic mass is 10.0. The van der Waals surface area contributed by atoms with Crippen LogP contribution >= 0.6 is 0 Å². The number of H-pyrrole nitrogens is 2. The lowest BCUT2D eigenvalue weighted by Crippen LogP contribution is -2.62. The Hall–Kier alpha value is -6.51. The van der Waals surface area contributed by atoms with Gasteiger partial charge in [-0.25, -0.2) is 14.4 Å². The predicted molar refractivity (Wildman–Crippen MR) is 203 cm³/mol. The molecule has 5 amide bonds. The number of hydrogen-bond acceptors (Lipinski definition) is 11. The van der Waals surface area contributed by atoms with Crippen molar-refractivity contribution >= 4 is 40.6 Å². The van der Waals surface area contributed by atoms with Crippen molar-refractivity contribution in [1.82, 2.24) is 40.7 Å². The van der Waals surface area contributed by atoms with Crippen molar-refractivity contribution in [2.45, 2.75) is 68.8 Å². The lowest BCUT2D eigenvalue weighted by Gasteiger charge is -2.33. The first-order valence-electron chi connectivity index (χ1n) is 18.0. The Kier molecular flexibility index (Phi) is 13.5. The molecule has 1 unspecified atom stereocenters. The number of aromatic hydroxyl groups is 1. The van der Waals surface area contributed by atoms with Crippen molar-refractivity contribution in [3.05, 3.63) is 99.0 Å². The fourth-order valence-electron chi connectivity index (χ4n) is 6.47. The molecule has 4 aromatic rings. The highest BCUT2D eigenvalue weighted by atomic mass is 16.5. The minimum atomic E-state index is -1.46. The van der Waals surface area contributed by atoms with Crippen LogP contribution in [-0.4, -0.2) is 121 Å². The van der Waals surface area contributed by atoms with Crippen LogP contribution in [0.4, 0.5) is 4.79 Å². The maximum atomic E-state index is 14.1. The number of aliphatic hydroxyl groups excluding tert-OH is 1. The van der Waals surface area contributed by atoms with E-state index in [1.807, 2.05) is 18.2 Å². The number of carbonyl (C=O) groups is 5. The van der Waals surface area contributed by atoms with E-state index in [1.165, 1.54) is 44.4 Å². The number of para-hydroxylation sites is 1. The van der Waals surface area contributed by atoms with Gasteiger partial charge in [0, 0.05) is 62.2 Å². The van der Waals surface area contributed by atoms with E-state index in [9.17, 15) is 48.9 Å². The SMILES string of the molecule is C[C@@H]([C@H](NC(=O)C(Cc1ccc(O)cc1)NC(=O)N[C@@H](Cc1c[nH]c2ccccc12)C(=O)O)C(=O)NC[C@H]1C[C@@H](O)[C@H](n2ccc(=O)[nH]c2=O)O1)N(C)C(=O)CN. The van der Waals surface area contributed by atoms with Crippen molar-refractivity contribution in [3.63, 3.8) is 0 Å². The van der Waals surface area contributed by atoms with Gasteiger partial charge in [-0.1, -0.05) is 30.3 Å². The summed E-state index contributed by atoms with van der Waals surface area (Å²) < 4.78 is 6.81. The molecule has 1 aliphatic heterocycles. The van der Waals surface area contributed by atoms with E-state index in [-0.39, 0.29) is 31.6 Å². The number of phenols is 1. The number of fused-ring (bicyclic) bond motifs is 1. The van der Waals surface area contributed by atoms with E-state index < -0.39 is 90.1 Å². The minimum absolute atomic E-state index is 0.0139. The molecular weight excluding hydrogens is 746 g/mol. The molecule has 20 nitrogen and oxygen atoms in total. The summed E-state index contributed by atoms with van der Waals surface area (Å²) in [4.78, 5) is 96.3. The zero-order valence-corrected chi connectivity index (χ0v) is 31.0. The second-order valence-electron chi connectivity index (χ2n) is 13.6. The Morgan fingerprint density at radius 3 is 2.37 bits per heavy atom. The van der Waals surface area contributed by atoms with E-state index in [4.69, 9.17) is 10.5 Å². The number of aromatic nitrogens is 3. The highest BCUT2D eigenvalue weighted by molar-refractivity contribution is 5.93. The van der Waals surface area contributed by atoms with Gasteiger partial charge in [-0.15, -0.1) is 0 Å². The molecular formula is C37H45N9O11. The number of carbonyl (C=O) groups excluding carboxylic acids is 4. The molecule has 0 aliphatic carbocycles. The minimum Gasteiger partial charge on any atom is -0.508 e. The summed E-state index contributed by atoms with van der Waals surface area (Å²) in [5.41, 5.74) is 6.02. The molecule has 0 radical (unpaired) electrons. The summed E-state index contributed by atoms with van der Waals surface area (Å²) in [5.74, 6) is -3.61. The highest BCUT2D eigenvalue weighted by Gasteiger charge is 2.38. The number of aromatic amines is 2. The summed E-state index contributed by atoms with van der Waals surface area (Å²) in [6.07, 6.45) is -0.623. The molecule has 20 heteroatoms. The van der Waals surface area contributed by atoms with Crippen molar-refractivity contribution in [1.29, 1.82) is 0 Å².